The lowest BCUT2D eigenvalue weighted by Gasteiger charge is -2.27. The van der Waals surface area contributed by atoms with Gasteiger partial charge in [-0.05, 0) is 108 Å². The van der Waals surface area contributed by atoms with E-state index in [-0.39, 0.29) is 105 Å². The molecule has 6 aromatic rings. The number of benzene rings is 6. The van der Waals surface area contributed by atoms with Gasteiger partial charge in [0.05, 0.1) is 43.2 Å². The first kappa shape index (κ1) is 61.9. The molecule has 0 spiro atoms. The molecule has 0 fully saturated rings. The molecule has 0 saturated heterocycles. The summed E-state index contributed by atoms with van der Waals surface area (Å²) in [5.41, 5.74) is 0.705. The van der Waals surface area contributed by atoms with Crippen LogP contribution >= 0.6 is 0 Å². The lowest BCUT2D eigenvalue weighted by Crippen LogP contribution is -2.34. The maximum Gasteiger partial charge on any atom is 0.303 e. The van der Waals surface area contributed by atoms with Crippen molar-refractivity contribution in [2.24, 2.45) is 20.5 Å². The van der Waals surface area contributed by atoms with Gasteiger partial charge < -0.3 is 29.5 Å². The molecule has 0 radical (unpaired) electrons. The molecular weight excluding hydrogens is 1080 g/mol. The monoisotopic (exact) mass is 1150 g/mol. The van der Waals surface area contributed by atoms with Crippen LogP contribution in [0.15, 0.2) is 105 Å². The Morgan fingerprint density at radius 1 is 0.464 bits per heavy atom. The van der Waals surface area contributed by atoms with Gasteiger partial charge in [0, 0.05) is 86.2 Å². The van der Waals surface area contributed by atoms with Crippen LogP contribution in [0.1, 0.15) is 125 Å². The zero-order chi connectivity index (χ0) is 61.5. The second-order valence-electron chi connectivity index (χ2n) is 22.2. The Bertz CT molecular complexity index is 3320. The minimum absolute atomic E-state index is 0.0971. The van der Waals surface area contributed by atoms with Crippen LogP contribution in [0.4, 0.5) is 45.5 Å². The van der Waals surface area contributed by atoms with Crippen molar-refractivity contribution in [3.05, 3.63) is 181 Å². The van der Waals surface area contributed by atoms with Crippen LogP contribution in [0, 0.1) is 40.5 Å². The number of phenolic OH excluding ortho intramolecular Hbond substituents is 2. The molecule has 0 atom stereocenters. The first-order valence-corrected chi connectivity index (χ1v) is 27.2. The van der Waals surface area contributed by atoms with Crippen molar-refractivity contribution in [1.82, 2.24) is 9.80 Å². The molecule has 84 heavy (non-hydrogen) atoms. The average Bonchev–Trinajstić information content (AvgIpc) is 3.44. The molecule has 24 nitrogen and oxygen atoms in total. The van der Waals surface area contributed by atoms with E-state index >= 15 is 0 Å². The number of amides is 2. The standard InChI is InChI=1S/C60H66N10O14/c1-11-65(12-2)53(71)33-83-57-39-19-35-27-45(61-63-49-17-15-47(67(75)76)31-51(49)69(79)80)29-37(55(35)73)21-41-25-44(60(8,9)10)26-42(58(41)84-34-54(72)66(13-3)14-4)22-38-30-46(62-64-50-18-16-48(68(77)78)32-52(50)70(81)82)28-36(56(38)74)20-40(57)24-43(23-39)59(5,6)7/h15-18,23-32,73-74H,11-14,19-22,33-34H2,1-10H3. The molecule has 0 unspecified atom stereocenters. The molecule has 0 heterocycles. The van der Waals surface area contributed by atoms with Gasteiger partial charge in [0.25, 0.3) is 23.2 Å². The third-order valence-electron chi connectivity index (χ3n) is 14.4. The van der Waals surface area contributed by atoms with E-state index in [0.29, 0.717) is 48.4 Å². The maximum atomic E-state index is 13.8. The summed E-state index contributed by atoms with van der Waals surface area (Å²) >= 11 is 0. The third-order valence-corrected chi connectivity index (χ3v) is 14.4. The Labute approximate surface area is 484 Å². The van der Waals surface area contributed by atoms with Crippen molar-refractivity contribution >= 4 is 57.3 Å². The number of non-ortho nitro benzene ring substituents is 2. The van der Waals surface area contributed by atoms with Gasteiger partial charge in [0.15, 0.2) is 24.6 Å². The number of rotatable bonds is 18. The number of phenols is 2. The van der Waals surface area contributed by atoms with Gasteiger partial charge in [-0.15, -0.1) is 10.2 Å². The number of carbonyl (C=O) groups is 2. The normalized spacial score (nSPS) is 12.5. The molecule has 6 aromatic carbocycles. The highest BCUT2D eigenvalue weighted by molar-refractivity contribution is 5.78. The molecule has 2 N–H and O–H groups in total. The zero-order valence-corrected chi connectivity index (χ0v) is 48.4. The molecule has 8 bridgehead atoms. The second-order valence-corrected chi connectivity index (χ2v) is 22.2. The first-order valence-electron chi connectivity index (χ1n) is 27.2. The molecule has 1 aliphatic rings. The van der Waals surface area contributed by atoms with Gasteiger partial charge >= 0.3 is 11.4 Å². The van der Waals surface area contributed by atoms with Gasteiger partial charge in [-0.1, -0.05) is 65.8 Å². The van der Waals surface area contributed by atoms with E-state index in [4.69, 9.17) is 9.47 Å². The summed E-state index contributed by atoms with van der Waals surface area (Å²) in [6.07, 6.45) is -0.388. The topological polar surface area (TPSA) is 322 Å². The van der Waals surface area contributed by atoms with Crippen molar-refractivity contribution in [3.63, 3.8) is 0 Å². The largest absolute Gasteiger partial charge is 0.507 e. The summed E-state index contributed by atoms with van der Waals surface area (Å²) < 4.78 is 13.2. The van der Waals surface area contributed by atoms with Crippen LogP contribution in [0.3, 0.4) is 0 Å². The van der Waals surface area contributed by atoms with Crippen molar-refractivity contribution in [3.8, 4) is 23.0 Å². The molecule has 0 aromatic heterocycles. The lowest BCUT2D eigenvalue weighted by molar-refractivity contribution is -0.394. The van der Waals surface area contributed by atoms with Crippen LogP contribution in [0.2, 0.25) is 0 Å². The SMILES string of the molecule is CCN(CC)C(=O)COc1c2cc(C(C)(C)C)cc1Cc1cc(N=Nc3ccc([N+](=O)[O-])cc3[N+](=O)[O-])cc(c1O)Cc1cc(C(C)(C)C)cc(c1OCC(=O)N(CC)CC)Cc1cc(N=Nc3ccc([N+](=O)[O-])cc3[N+](=O)[O-])cc(c1O)C2. The van der Waals surface area contributed by atoms with E-state index in [1.165, 1.54) is 24.3 Å². The first-order chi connectivity index (χ1) is 39.6. The Hall–Kier alpha value is -9.74. The Morgan fingerprint density at radius 2 is 0.762 bits per heavy atom. The fourth-order valence-electron chi connectivity index (χ4n) is 9.77. The zero-order valence-electron chi connectivity index (χ0n) is 48.4. The molecule has 1 aliphatic carbocycles. The smallest absolute Gasteiger partial charge is 0.303 e. The number of nitro groups is 4. The molecule has 2 amide bonds. The molecule has 24 heteroatoms. The summed E-state index contributed by atoms with van der Waals surface area (Å²) in [4.78, 5) is 75.4. The Balaban J connectivity index is 1.58. The van der Waals surface area contributed by atoms with Crippen molar-refractivity contribution in [2.75, 3.05) is 39.4 Å². The van der Waals surface area contributed by atoms with Gasteiger partial charge in [0.1, 0.15) is 23.0 Å². The Morgan fingerprint density at radius 3 is 1.01 bits per heavy atom. The lowest BCUT2D eigenvalue weighted by atomic mass is 9.81. The number of aromatic hydroxyl groups is 2. The summed E-state index contributed by atoms with van der Waals surface area (Å²) in [5.74, 6) is -0.565. The number of hydrogen-bond acceptors (Lipinski definition) is 18. The maximum absolute atomic E-state index is 13.8. The fourth-order valence-corrected chi connectivity index (χ4v) is 9.77. The Kier molecular flexibility index (Phi) is 18.8. The van der Waals surface area contributed by atoms with Gasteiger partial charge in [-0.25, -0.2) is 0 Å². The quantitative estimate of drug-likeness (QED) is 0.0458. The van der Waals surface area contributed by atoms with Crippen LogP contribution < -0.4 is 9.47 Å². The van der Waals surface area contributed by atoms with Crippen LogP contribution in [0.5, 0.6) is 23.0 Å². The number of hydrogen-bond donors (Lipinski definition) is 2. The minimum atomic E-state index is -0.806. The predicted octanol–water partition coefficient (Wildman–Crippen LogP) is 13.3. The second kappa shape index (κ2) is 25.6. The van der Waals surface area contributed by atoms with Crippen molar-refractivity contribution in [2.45, 2.75) is 106 Å². The van der Waals surface area contributed by atoms with E-state index in [0.717, 1.165) is 47.5 Å². The number of nitro benzene ring substituents is 4. The molecule has 440 valence electrons. The molecule has 7 rings (SSSR count). The molecule has 0 saturated carbocycles. The third kappa shape index (κ3) is 14.3. The van der Waals surface area contributed by atoms with Crippen LogP contribution in [0.25, 0.3) is 0 Å². The van der Waals surface area contributed by atoms with E-state index < -0.39 is 66.5 Å². The number of fused-ring (bicyclic) bond motifs is 8. The highest BCUT2D eigenvalue weighted by atomic mass is 16.6. The number of nitrogens with zero attached hydrogens (tertiary/aromatic N) is 10. The highest BCUT2D eigenvalue weighted by Crippen LogP contribution is 2.45. The van der Waals surface area contributed by atoms with Crippen LogP contribution in [-0.2, 0) is 46.1 Å². The summed E-state index contributed by atoms with van der Waals surface area (Å²) in [5, 5.41) is 90.5. The molecule has 0 aliphatic heterocycles. The number of azo groups is 2. The minimum Gasteiger partial charge on any atom is -0.507 e. The van der Waals surface area contributed by atoms with E-state index in [9.17, 15) is 60.3 Å². The average molecular weight is 1150 g/mol. The van der Waals surface area contributed by atoms with Gasteiger partial charge in [-0.3, -0.25) is 50.0 Å². The predicted molar refractivity (Wildman–Crippen MR) is 312 cm³/mol. The summed E-state index contributed by atoms with van der Waals surface area (Å²) in [6.45, 7) is 20.0. The number of ether oxygens (including phenoxy) is 2. The fraction of sp³-hybridized carbons (Fsp3) is 0.367. The van der Waals surface area contributed by atoms with Crippen molar-refractivity contribution in [1.29, 1.82) is 0 Å². The van der Waals surface area contributed by atoms with E-state index in [2.05, 4.69) is 20.5 Å². The number of carbonyl (C=O) groups excluding carboxylic acids is 2. The number of likely N-dealkylation sites (N-methyl/N-ethyl adjacent to an activating group) is 2. The summed E-state index contributed by atoms with van der Waals surface area (Å²) in [6, 6.07) is 19.6. The van der Waals surface area contributed by atoms with Gasteiger partial charge in [0.2, 0.25) is 0 Å². The van der Waals surface area contributed by atoms with E-state index in [1.54, 1.807) is 9.80 Å². The molecular formula is C60H66N10O14. The summed E-state index contributed by atoms with van der Waals surface area (Å²) in [7, 11) is 0. The van der Waals surface area contributed by atoms with Gasteiger partial charge in [-0.2, -0.15) is 10.2 Å². The van der Waals surface area contributed by atoms with Crippen LogP contribution in [-0.4, -0.2) is 90.9 Å². The highest BCUT2D eigenvalue weighted by Gasteiger charge is 2.29. The van der Waals surface area contributed by atoms with E-state index in [1.807, 2.05) is 93.5 Å². The van der Waals surface area contributed by atoms with Crippen molar-refractivity contribution < 1.29 is 49.0 Å².